The van der Waals surface area contributed by atoms with E-state index in [0.717, 1.165) is 77.0 Å². The largest absolute Gasteiger partial charge is 0.477 e. The molecule has 0 aliphatic rings. The molecule has 344 valence electrons. The minimum absolute atomic E-state index is 0.0508. The van der Waals surface area contributed by atoms with Crippen molar-refractivity contribution in [2.45, 2.75) is 199 Å². The summed E-state index contributed by atoms with van der Waals surface area (Å²) in [5, 5.41) is 9.64. The molecule has 0 aromatic carbocycles. The van der Waals surface area contributed by atoms with Crippen LogP contribution in [-0.4, -0.2) is 80.6 Å². The number of ether oxygens (including phenoxy) is 3. The molecule has 0 aromatic heterocycles. The van der Waals surface area contributed by atoms with E-state index in [2.05, 4.69) is 62.5 Å². The van der Waals surface area contributed by atoms with Crippen LogP contribution < -0.4 is 0 Å². The molecule has 0 rings (SSSR count). The molecule has 8 heteroatoms. The number of carboxylic acids is 1. The number of aliphatic carboxylic acids is 1. The molecule has 0 aliphatic carbocycles. The van der Waals surface area contributed by atoms with Crippen molar-refractivity contribution in [1.82, 2.24) is 0 Å². The first-order valence-corrected chi connectivity index (χ1v) is 24.0. The molecule has 0 radical (unpaired) electrons. The zero-order valence-corrected chi connectivity index (χ0v) is 39.1. The number of hydrogen-bond donors (Lipinski definition) is 1. The third-order valence-corrected chi connectivity index (χ3v) is 10.4. The van der Waals surface area contributed by atoms with Gasteiger partial charge in [0.15, 0.2) is 12.1 Å². The van der Waals surface area contributed by atoms with Gasteiger partial charge in [0.1, 0.15) is 6.61 Å². The minimum Gasteiger partial charge on any atom is -0.477 e. The van der Waals surface area contributed by atoms with Crippen molar-refractivity contribution in [2.75, 3.05) is 41.0 Å². The van der Waals surface area contributed by atoms with Crippen LogP contribution in [0, 0.1) is 0 Å². The van der Waals surface area contributed by atoms with E-state index in [4.69, 9.17) is 14.2 Å². The lowest BCUT2D eigenvalue weighted by Crippen LogP contribution is -2.50. The lowest BCUT2D eigenvalue weighted by molar-refractivity contribution is -0.887. The maximum atomic E-state index is 12.8. The van der Waals surface area contributed by atoms with E-state index in [1.165, 1.54) is 77.0 Å². The lowest BCUT2D eigenvalue weighted by atomic mass is 10.0. The van der Waals surface area contributed by atoms with Crippen LogP contribution in [-0.2, 0) is 28.6 Å². The number of quaternary nitrogens is 1. The quantitative estimate of drug-likeness (QED) is 0.0215. The number of allylic oxidation sites excluding steroid dienone is 12. The molecular weight excluding hydrogens is 751 g/mol. The lowest BCUT2D eigenvalue weighted by Gasteiger charge is -2.31. The molecule has 0 aliphatic heterocycles. The van der Waals surface area contributed by atoms with Crippen LogP contribution in [0.1, 0.15) is 187 Å². The Kier molecular flexibility index (Phi) is 40.2. The summed E-state index contributed by atoms with van der Waals surface area (Å²) < 4.78 is 17.3. The highest BCUT2D eigenvalue weighted by Crippen LogP contribution is 2.15. The van der Waals surface area contributed by atoms with E-state index < -0.39 is 18.1 Å². The predicted octanol–water partition coefficient (Wildman–Crippen LogP) is 13.5. The summed E-state index contributed by atoms with van der Waals surface area (Å²) in [6.07, 6.45) is 53.8. The van der Waals surface area contributed by atoms with Crippen LogP contribution in [0.25, 0.3) is 0 Å². The Morgan fingerprint density at radius 1 is 0.517 bits per heavy atom. The van der Waals surface area contributed by atoms with Gasteiger partial charge in [0.25, 0.3) is 0 Å². The molecule has 2 unspecified atom stereocenters. The Morgan fingerprint density at radius 2 is 0.967 bits per heavy atom. The summed E-state index contributed by atoms with van der Waals surface area (Å²) >= 11 is 0. The third-order valence-electron chi connectivity index (χ3n) is 10.4. The van der Waals surface area contributed by atoms with Crippen LogP contribution in [0.15, 0.2) is 72.9 Å². The first-order chi connectivity index (χ1) is 29.1. The second-order valence-corrected chi connectivity index (χ2v) is 17.0. The van der Waals surface area contributed by atoms with Gasteiger partial charge >= 0.3 is 17.9 Å². The average Bonchev–Trinajstić information content (AvgIpc) is 3.21. The van der Waals surface area contributed by atoms with Gasteiger partial charge in [0.2, 0.25) is 0 Å². The molecule has 0 amide bonds. The maximum Gasteiger partial charge on any atom is 0.362 e. The van der Waals surface area contributed by atoms with Crippen molar-refractivity contribution in [3.05, 3.63) is 72.9 Å². The summed E-state index contributed by atoms with van der Waals surface area (Å²) in [5.74, 6) is -1.50. The Hall–Kier alpha value is -3.23. The molecule has 0 bridgehead atoms. The van der Waals surface area contributed by atoms with Crippen molar-refractivity contribution in [3.8, 4) is 0 Å². The highest BCUT2D eigenvalue weighted by atomic mass is 16.6. The van der Waals surface area contributed by atoms with Gasteiger partial charge in [-0.1, -0.05) is 183 Å². The van der Waals surface area contributed by atoms with E-state index in [1.807, 2.05) is 45.4 Å². The molecule has 0 aromatic rings. The number of unbranched alkanes of at least 4 members (excludes halogenated alkanes) is 19. The molecule has 0 saturated heterocycles. The second kappa shape index (κ2) is 42.5. The molecule has 0 spiro atoms. The van der Waals surface area contributed by atoms with Gasteiger partial charge in [0.05, 0.1) is 34.4 Å². The number of carbonyl (C=O) groups is 3. The van der Waals surface area contributed by atoms with Crippen molar-refractivity contribution in [2.24, 2.45) is 0 Å². The molecule has 1 N–H and O–H groups in total. The van der Waals surface area contributed by atoms with Crippen molar-refractivity contribution < 1.29 is 38.2 Å². The number of nitrogens with zero attached hydrogens (tertiary/aromatic N) is 1. The molecule has 0 fully saturated rings. The Labute approximate surface area is 368 Å². The first kappa shape index (κ1) is 56.8. The summed E-state index contributed by atoms with van der Waals surface area (Å²) in [5.41, 5.74) is 0. The Morgan fingerprint density at radius 3 is 1.48 bits per heavy atom. The van der Waals surface area contributed by atoms with Gasteiger partial charge in [-0.3, -0.25) is 9.59 Å². The molecular formula is C52H90NO7+. The highest BCUT2D eigenvalue weighted by molar-refractivity contribution is 5.72. The van der Waals surface area contributed by atoms with Gasteiger partial charge < -0.3 is 23.8 Å². The van der Waals surface area contributed by atoms with Gasteiger partial charge in [0, 0.05) is 19.3 Å². The zero-order chi connectivity index (χ0) is 44.2. The standard InChI is InChI=1S/C52H89NO7/c1-6-8-10-12-14-16-18-20-22-23-24-25-26-27-29-31-33-35-37-39-41-43-51(55)60-48(46-58-45-44-49(52(56)57)53(3,4)5)47-59-50(54)42-40-38-36-34-32-30-28-21-19-17-15-13-11-9-7-2/h8-11,13-17,19,21,28,48-49H,6-7,12,18,20,22-27,29-47H2,1-5H3/p+1/b10-8+,11-9+,15-13+,16-14+,19-17+,28-21+. The Balaban J connectivity index is 4.28. The number of esters is 2. The molecule has 8 nitrogen and oxygen atoms in total. The van der Waals surface area contributed by atoms with Gasteiger partial charge in [-0.05, 0) is 57.8 Å². The smallest absolute Gasteiger partial charge is 0.362 e. The zero-order valence-electron chi connectivity index (χ0n) is 39.1. The van der Waals surface area contributed by atoms with E-state index >= 15 is 0 Å². The second-order valence-electron chi connectivity index (χ2n) is 17.0. The average molecular weight is 841 g/mol. The highest BCUT2D eigenvalue weighted by Gasteiger charge is 2.31. The minimum atomic E-state index is -0.880. The number of rotatable bonds is 42. The normalized spacial score (nSPS) is 13.6. The fraction of sp³-hybridized carbons (Fsp3) is 0.712. The summed E-state index contributed by atoms with van der Waals surface area (Å²) in [6, 6.07) is -0.621. The van der Waals surface area contributed by atoms with Crippen molar-refractivity contribution in [3.63, 3.8) is 0 Å². The van der Waals surface area contributed by atoms with Gasteiger partial charge in [-0.2, -0.15) is 0 Å². The molecule has 60 heavy (non-hydrogen) atoms. The molecule has 2 atom stereocenters. The topological polar surface area (TPSA) is 99.1 Å². The van der Waals surface area contributed by atoms with E-state index in [1.54, 1.807) is 0 Å². The fourth-order valence-corrected chi connectivity index (χ4v) is 6.79. The van der Waals surface area contributed by atoms with Crippen LogP contribution in [0.5, 0.6) is 0 Å². The van der Waals surface area contributed by atoms with E-state index in [-0.39, 0.29) is 36.2 Å². The third kappa shape index (κ3) is 40.2. The van der Waals surface area contributed by atoms with E-state index in [0.29, 0.717) is 19.3 Å². The monoisotopic (exact) mass is 841 g/mol. The van der Waals surface area contributed by atoms with Crippen LogP contribution in [0.4, 0.5) is 0 Å². The molecule has 0 heterocycles. The van der Waals surface area contributed by atoms with E-state index in [9.17, 15) is 19.5 Å². The van der Waals surface area contributed by atoms with Gasteiger partial charge in [-0.25, -0.2) is 4.79 Å². The summed E-state index contributed by atoms with van der Waals surface area (Å²) in [7, 11) is 5.52. The maximum absolute atomic E-state index is 12.8. The van der Waals surface area contributed by atoms with Crippen molar-refractivity contribution in [1.29, 1.82) is 0 Å². The fourth-order valence-electron chi connectivity index (χ4n) is 6.79. The number of hydrogen-bond acceptors (Lipinski definition) is 6. The van der Waals surface area contributed by atoms with Crippen LogP contribution in [0.3, 0.4) is 0 Å². The van der Waals surface area contributed by atoms with Gasteiger partial charge in [-0.15, -0.1) is 0 Å². The summed E-state index contributed by atoms with van der Waals surface area (Å²) in [4.78, 5) is 37.1. The number of carboxylic acid groups (broad SMARTS) is 1. The predicted molar refractivity (Wildman–Crippen MR) is 252 cm³/mol. The Bertz CT molecular complexity index is 1210. The van der Waals surface area contributed by atoms with Crippen molar-refractivity contribution >= 4 is 17.9 Å². The summed E-state index contributed by atoms with van der Waals surface area (Å²) in [6.45, 7) is 4.47. The van der Waals surface area contributed by atoms with Crippen LogP contribution in [0.2, 0.25) is 0 Å². The SMILES string of the molecule is CC/C=C/C=C/C=C/C=C/CCCCCCCC(=O)OCC(COCCC(C(=O)O)[N+](C)(C)C)OC(=O)CCCCCCCCCCCCCCCC/C=C/C/C=C/CC. The van der Waals surface area contributed by atoms with Crippen LogP contribution >= 0.6 is 0 Å². The molecule has 0 saturated carbocycles. The number of likely N-dealkylation sites (N-methyl/N-ethyl adjacent to an activating group) is 1. The number of carbonyl (C=O) groups excluding carboxylic acids is 2. The first-order valence-electron chi connectivity index (χ1n) is 24.0.